The lowest BCUT2D eigenvalue weighted by atomic mass is 10.2. The van der Waals surface area contributed by atoms with Crippen LogP contribution in [0.3, 0.4) is 0 Å². The molecule has 17 heavy (non-hydrogen) atoms. The first kappa shape index (κ1) is 11.8. The van der Waals surface area contributed by atoms with Crippen LogP contribution in [0.1, 0.15) is 5.56 Å². The SMILES string of the molecule is N#Cc1ccc(Oc2c(Cl)c[c]cc2Cl)cc1. The molecule has 0 spiro atoms. The first-order chi connectivity index (χ1) is 8.20. The van der Waals surface area contributed by atoms with Gasteiger partial charge in [0, 0.05) is 0 Å². The zero-order chi connectivity index (χ0) is 12.3. The van der Waals surface area contributed by atoms with E-state index in [9.17, 15) is 0 Å². The average Bonchev–Trinajstić information content (AvgIpc) is 2.35. The first-order valence-corrected chi connectivity index (χ1v) is 5.49. The lowest BCUT2D eigenvalue weighted by molar-refractivity contribution is 0.483. The number of ether oxygens (including phenoxy) is 1. The van der Waals surface area contributed by atoms with Crippen molar-refractivity contribution in [3.8, 4) is 17.6 Å². The van der Waals surface area contributed by atoms with Gasteiger partial charge in [-0.3, -0.25) is 0 Å². The molecule has 0 aliphatic heterocycles. The van der Waals surface area contributed by atoms with Gasteiger partial charge in [0.05, 0.1) is 21.7 Å². The molecule has 0 atom stereocenters. The van der Waals surface area contributed by atoms with Gasteiger partial charge in [-0.15, -0.1) is 0 Å². The lowest BCUT2D eigenvalue weighted by Crippen LogP contribution is -1.86. The van der Waals surface area contributed by atoms with Gasteiger partial charge in [-0.25, -0.2) is 0 Å². The molecule has 0 saturated carbocycles. The van der Waals surface area contributed by atoms with E-state index in [-0.39, 0.29) is 0 Å². The van der Waals surface area contributed by atoms with Gasteiger partial charge < -0.3 is 4.74 Å². The van der Waals surface area contributed by atoms with E-state index in [0.717, 1.165) is 0 Å². The number of halogens is 2. The predicted octanol–water partition coefficient (Wildman–Crippen LogP) is 4.46. The highest BCUT2D eigenvalue weighted by Crippen LogP contribution is 2.35. The van der Waals surface area contributed by atoms with Crippen molar-refractivity contribution < 1.29 is 4.74 Å². The van der Waals surface area contributed by atoms with E-state index in [2.05, 4.69) is 6.07 Å². The first-order valence-electron chi connectivity index (χ1n) is 4.74. The van der Waals surface area contributed by atoms with Crippen LogP contribution in [0.15, 0.2) is 36.4 Å². The third-order valence-corrected chi connectivity index (χ3v) is 2.62. The van der Waals surface area contributed by atoms with E-state index in [1.54, 1.807) is 36.4 Å². The fraction of sp³-hybridized carbons (Fsp3) is 0. The minimum absolute atomic E-state index is 0.386. The van der Waals surface area contributed by atoms with Crippen LogP contribution < -0.4 is 4.74 Å². The highest BCUT2D eigenvalue weighted by atomic mass is 35.5. The maximum Gasteiger partial charge on any atom is 0.164 e. The highest BCUT2D eigenvalue weighted by molar-refractivity contribution is 6.37. The summed E-state index contributed by atoms with van der Waals surface area (Å²) in [5.41, 5.74) is 0.566. The third kappa shape index (κ3) is 2.71. The van der Waals surface area contributed by atoms with Crippen LogP contribution in [0.25, 0.3) is 0 Å². The standard InChI is InChI=1S/C13H6Cl2NO/c14-11-2-1-3-12(15)13(11)17-10-6-4-9(8-16)5-7-10/h2-7H. The Morgan fingerprint density at radius 1 is 1.06 bits per heavy atom. The van der Waals surface area contributed by atoms with Gasteiger partial charge >= 0.3 is 0 Å². The highest BCUT2D eigenvalue weighted by Gasteiger charge is 2.07. The monoisotopic (exact) mass is 262 g/mol. The Balaban J connectivity index is 2.29. The molecule has 0 aliphatic rings. The Kier molecular flexibility index (Phi) is 3.53. The molecule has 2 rings (SSSR count). The van der Waals surface area contributed by atoms with Crippen molar-refractivity contribution in [2.75, 3.05) is 0 Å². The summed E-state index contributed by atoms with van der Waals surface area (Å²) in [5.74, 6) is 0.954. The van der Waals surface area contributed by atoms with Gasteiger partial charge in [0.15, 0.2) is 5.75 Å². The molecule has 0 amide bonds. The Hall–Kier alpha value is -1.69. The molecule has 1 radical (unpaired) electrons. The molecular formula is C13H6Cl2NO. The minimum Gasteiger partial charge on any atom is -0.454 e. The van der Waals surface area contributed by atoms with E-state index >= 15 is 0 Å². The van der Waals surface area contributed by atoms with E-state index in [0.29, 0.717) is 27.1 Å². The molecule has 83 valence electrons. The average molecular weight is 263 g/mol. The molecule has 0 fully saturated rings. The molecule has 0 saturated heterocycles. The van der Waals surface area contributed by atoms with Crippen molar-refractivity contribution >= 4 is 23.2 Å². The summed E-state index contributed by atoms with van der Waals surface area (Å²) in [4.78, 5) is 0. The van der Waals surface area contributed by atoms with E-state index in [1.807, 2.05) is 6.07 Å². The fourth-order valence-electron chi connectivity index (χ4n) is 1.25. The quantitative estimate of drug-likeness (QED) is 0.801. The van der Waals surface area contributed by atoms with Crippen LogP contribution in [0.5, 0.6) is 11.5 Å². The Labute approximate surface area is 109 Å². The van der Waals surface area contributed by atoms with Crippen LogP contribution in [-0.4, -0.2) is 0 Å². The normalized spacial score (nSPS) is 9.71. The molecule has 2 nitrogen and oxygen atoms in total. The predicted molar refractivity (Wildman–Crippen MR) is 66.5 cm³/mol. The van der Waals surface area contributed by atoms with Crippen LogP contribution in [0.2, 0.25) is 10.0 Å². The maximum atomic E-state index is 8.67. The Morgan fingerprint density at radius 2 is 1.65 bits per heavy atom. The van der Waals surface area contributed by atoms with Gasteiger partial charge in [-0.05, 0) is 42.5 Å². The van der Waals surface area contributed by atoms with Gasteiger partial charge in [-0.2, -0.15) is 5.26 Å². The summed E-state index contributed by atoms with van der Waals surface area (Å²) < 4.78 is 5.55. The lowest BCUT2D eigenvalue weighted by Gasteiger charge is -2.08. The minimum atomic E-state index is 0.386. The van der Waals surface area contributed by atoms with Crippen molar-refractivity contribution in [1.82, 2.24) is 0 Å². The third-order valence-electron chi connectivity index (χ3n) is 2.06. The number of benzene rings is 2. The zero-order valence-electron chi connectivity index (χ0n) is 8.58. The van der Waals surface area contributed by atoms with Crippen LogP contribution >= 0.6 is 23.2 Å². The van der Waals surface area contributed by atoms with Crippen molar-refractivity contribution in [2.24, 2.45) is 0 Å². The smallest absolute Gasteiger partial charge is 0.164 e. The molecule has 0 aromatic heterocycles. The zero-order valence-corrected chi connectivity index (χ0v) is 10.1. The molecule has 0 N–H and O–H groups in total. The van der Waals surface area contributed by atoms with Crippen LogP contribution in [0.4, 0.5) is 0 Å². The Morgan fingerprint density at radius 3 is 2.18 bits per heavy atom. The molecule has 0 aliphatic carbocycles. The van der Waals surface area contributed by atoms with Gasteiger partial charge in [0.2, 0.25) is 0 Å². The van der Waals surface area contributed by atoms with E-state index in [4.69, 9.17) is 33.2 Å². The summed E-state index contributed by atoms with van der Waals surface area (Å²) in [7, 11) is 0. The summed E-state index contributed by atoms with van der Waals surface area (Å²) >= 11 is 11.9. The number of nitrogens with zero attached hydrogens (tertiary/aromatic N) is 1. The van der Waals surface area contributed by atoms with Gasteiger partial charge in [0.1, 0.15) is 5.75 Å². The van der Waals surface area contributed by atoms with Crippen LogP contribution in [-0.2, 0) is 0 Å². The second-order valence-corrected chi connectivity index (χ2v) is 4.03. The second-order valence-electron chi connectivity index (χ2n) is 3.22. The fourth-order valence-corrected chi connectivity index (χ4v) is 1.70. The van der Waals surface area contributed by atoms with Gasteiger partial charge in [0.25, 0.3) is 0 Å². The molecule has 0 heterocycles. The molecule has 2 aromatic rings. The van der Waals surface area contributed by atoms with Gasteiger partial charge in [-0.1, -0.05) is 23.2 Å². The number of hydrogen-bond acceptors (Lipinski definition) is 2. The number of hydrogen-bond donors (Lipinski definition) is 0. The van der Waals surface area contributed by atoms with Crippen molar-refractivity contribution in [3.05, 3.63) is 58.1 Å². The summed E-state index contributed by atoms with van der Waals surface area (Å²) in [6.45, 7) is 0. The molecule has 2 aromatic carbocycles. The summed E-state index contributed by atoms with van der Waals surface area (Å²) in [6, 6.07) is 14.6. The molecule has 0 unspecified atom stereocenters. The largest absolute Gasteiger partial charge is 0.454 e. The van der Waals surface area contributed by atoms with Crippen LogP contribution in [0, 0.1) is 17.4 Å². The summed E-state index contributed by atoms with van der Waals surface area (Å²) in [6.07, 6.45) is 0. The van der Waals surface area contributed by atoms with Crippen molar-refractivity contribution in [2.45, 2.75) is 0 Å². The second kappa shape index (κ2) is 5.09. The molecule has 4 heteroatoms. The Bertz CT molecular complexity index is 553. The summed E-state index contributed by atoms with van der Waals surface area (Å²) in [5, 5.41) is 9.45. The molecule has 0 bridgehead atoms. The van der Waals surface area contributed by atoms with Crippen molar-refractivity contribution in [1.29, 1.82) is 5.26 Å². The number of nitriles is 1. The number of rotatable bonds is 2. The van der Waals surface area contributed by atoms with Crippen molar-refractivity contribution in [3.63, 3.8) is 0 Å². The molecular weight excluding hydrogens is 257 g/mol. The topological polar surface area (TPSA) is 33.0 Å². The van der Waals surface area contributed by atoms with E-state index in [1.165, 1.54) is 0 Å². The van der Waals surface area contributed by atoms with E-state index < -0.39 is 0 Å². The maximum absolute atomic E-state index is 8.67.